The molecule has 0 bridgehead atoms. The third-order valence-electron chi connectivity index (χ3n) is 5.03. The standard InChI is InChI=1S/C21H24N4/c22-20-15-24(14-19(20)18-9-5-2-6-10-18)16-21-23-11-12-25(21)13-17-7-3-1-4-8-17/h1-12,19-20H,13-16,22H2/t19-,20+/m0/s1. The molecule has 2 N–H and O–H groups in total. The first-order chi connectivity index (χ1) is 12.3. The van der Waals surface area contributed by atoms with Crippen LogP contribution in [0.4, 0.5) is 0 Å². The molecule has 4 nitrogen and oxygen atoms in total. The number of imidazole rings is 1. The van der Waals surface area contributed by atoms with E-state index in [-0.39, 0.29) is 6.04 Å². The molecule has 1 aliphatic rings. The molecular weight excluding hydrogens is 308 g/mol. The molecule has 0 unspecified atom stereocenters. The van der Waals surface area contributed by atoms with E-state index in [1.54, 1.807) is 0 Å². The Balaban J connectivity index is 1.44. The van der Waals surface area contributed by atoms with E-state index in [1.165, 1.54) is 11.1 Å². The highest BCUT2D eigenvalue weighted by atomic mass is 15.2. The molecule has 1 aliphatic heterocycles. The van der Waals surface area contributed by atoms with E-state index in [9.17, 15) is 0 Å². The van der Waals surface area contributed by atoms with Gasteiger partial charge in [0.05, 0.1) is 6.54 Å². The predicted octanol–water partition coefficient (Wildman–Crippen LogP) is 2.86. The van der Waals surface area contributed by atoms with E-state index in [1.807, 2.05) is 12.3 Å². The monoisotopic (exact) mass is 332 g/mol. The summed E-state index contributed by atoms with van der Waals surface area (Å²) in [5.74, 6) is 1.50. The normalized spacial score (nSPS) is 20.8. The summed E-state index contributed by atoms with van der Waals surface area (Å²) >= 11 is 0. The average molecular weight is 332 g/mol. The molecule has 1 fully saturated rings. The van der Waals surface area contributed by atoms with Crippen LogP contribution >= 0.6 is 0 Å². The van der Waals surface area contributed by atoms with Crippen LogP contribution in [0.15, 0.2) is 73.1 Å². The Bertz CT molecular complexity index is 797. The molecule has 2 atom stereocenters. The first-order valence-electron chi connectivity index (χ1n) is 8.86. The minimum Gasteiger partial charge on any atom is -0.329 e. The molecule has 1 aromatic heterocycles. The SMILES string of the molecule is N[C@@H]1CN(Cc2nccn2Cc2ccccc2)C[C@H]1c1ccccc1. The van der Waals surface area contributed by atoms with Crippen LogP contribution in [0.5, 0.6) is 0 Å². The van der Waals surface area contributed by atoms with Crippen LogP contribution in [0.25, 0.3) is 0 Å². The van der Waals surface area contributed by atoms with Gasteiger partial charge in [-0.15, -0.1) is 0 Å². The summed E-state index contributed by atoms with van der Waals surface area (Å²) in [5, 5.41) is 0. The van der Waals surface area contributed by atoms with Crippen LogP contribution < -0.4 is 5.73 Å². The predicted molar refractivity (Wildman–Crippen MR) is 100 cm³/mol. The van der Waals surface area contributed by atoms with Crippen molar-refractivity contribution in [1.82, 2.24) is 14.5 Å². The molecular formula is C21H24N4. The lowest BCUT2D eigenvalue weighted by Crippen LogP contribution is -2.29. The van der Waals surface area contributed by atoms with Crippen LogP contribution in [0.3, 0.4) is 0 Å². The van der Waals surface area contributed by atoms with Crippen molar-refractivity contribution in [1.29, 1.82) is 0 Å². The topological polar surface area (TPSA) is 47.1 Å². The quantitative estimate of drug-likeness (QED) is 0.781. The maximum Gasteiger partial charge on any atom is 0.123 e. The van der Waals surface area contributed by atoms with Gasteiger partial charge in [0.15, 0.2) is 0 Å². The minimum absolute atomic E-state index is 0.180. The Labute approximate surface area is 148 Å². The zero-order valence-electron chi connectivity index (χ0n) is 14.3. The number of aromatic nitrogens is 2. The van der Waals surface area contributed by atoms with E-state index in [2.05, 4.69) is 75.2 Å². The fourth-order valence-corrected chi connectivity index (χ4v) is 3.71. The second-order valence-corrected chi connectivity index (χ2v) is 6.83. The third-order valence-corrected chi connectivity index (χ3v) is 5.03. The van der Waals surface area contributed by atoms with Crippen molar-refractivity contribution >= 4 is 0 Å². The summed E-state index contributed by atoms with van der Waals surface area (Å²) in [6.07, 6.45) is 3.95. The fraction of sp³-hybridized carbons (Fsp3) is 0.286. The Hall–Kier alpha value is -2.43. The minimum atomic E-state index is 0.180. The highest BCUT2D eigenvalue weighted by Gasteiger charge is 2.31. The number of likely N-dealkylation sites (tertiary alicyclic amines) is 1. The van der Waals surface area contributed by atoms with Crippen molar-refractivity contribution < 1.29 is 0 Å². The van der Waals surface area contributed by atoms with Gasteiger partial charge in [-0.25, -0.2) is 4.98 Å². The molecule has 0 spiro atoms. The molecule has 4 rings (SSSR count). The summed E-state index contributed by atoms with van der Waals surface area (Å²) in [6.45, 7) is 3.61. The number of hydrogen-bond donors (Lipinski definition) is 1. The van der Waals surface area contributed by atoms with E-state index in [0.29, 0.717) is 5.92 Å². The van der Waals surface area contributed by atoms with Crippen molar-refractivity contribution in [3.05, 3.63) is 90.0 Å². The molecule has 0 aliphatic carbocycles. The van der Waals surface area contributed by atoms with Gasteiger partial charge >= 0.3 is 0 Å². The molecule has 1 saturated heterocycles. The molecule has 4 heteroatoms. The van der Waals surface area contributed by atoms with Gasteiger partial charge in [0, 0.05) is 44.0 Å². The molecule has 0 radical (unpaired) electrons. The largest absolute Gasteiger partial charge is 0.329 e. The molecule has 3 aromatic rings. The zero-order chi connectivity index (χ0) is 17.1. The molecule has 2 heterocycles. The van der Waals surface area contributed by atoms with Gasteiger partial charge in [0.1, 0.15) is 5.82 Å². The number of nitrogens with two attached hydrogens (primary N) is 1. The Morgan fingerprint density at radius 2 is 1.64 bits per heavy atom. The Morgan fingerprint density at radius 3 is 2.40 bits per heavy atom. The summed E-state index contributed by atoms with van der Waals surface area (Å²) in [4.78, 5) is 7.00. The zero-order valence-corrected chi connectivity index (χ0v) is 14.3. The maximum atomic E-state index is 6.42. The number of hydrogen-bond acceptors (Lipinski definition) is 3. The van der Waals surface area contributed by atoms with Gasteiger partial charge in [-0.05, 0) is 11.1 Å². The second kappa shape index (κ2) is 7.21. The molecule has 128 valence electrons. The Morgan fingerprint density at radius 1 is 0.920 bits per heavy atom. The second-order valence-electron chi connectivity index (χ2n) is 6.83. The van der Waals surface area contributed by atoms with Gasteiger partial charge in [0.25, 0.3) is 0 Å². The molecule has 0 saturated carbocycles. The van der Waals surface area contributed by atoms with Crippen LogP contribution in [-0.4, -0.2) is 33.6 Å². The fourth-order valence-electron chi connectivity index (χ4n) is 3.71. The third kappa shape index (κ3) is 3.65. The summed E-state index contributed by atoms with van der Waals surface area (Å²) in [6, 6.07) is 21.3. The van der Waals surface area contributed by atoms with Crippen molar-refractivity contribution in [2.75, 3.05) is 13.1 Å². The lowest BCUT2D eigenvalue weighted by Gasteiger charge is -2.17. The highest BCUT2D eigenvalue weighted by molar-refractivity contribution is 5.23. The van der Waals surface area contributed by atoms with Gasteiger partial charge in [-0.1, -0.05) is 60.7 Å². The van der Waals surface area contributed by atoms with E-state index in [0.717, 1.165) is 32.0 Å². The van der Waals surface area contributed by atoms with Crippen molar-refractivity contribution in [3.63, 3.8) is 0 Å². The van der Waals surface area contributed by atoms with E-state index in [4.69, 9.17) is 5.73 Å². The van der Waals surface area contributed by atoms with Crippen molar-refractivity contribution in [2.45, 2.75) is 25.0 Å². The van der Waals surface area contributed by atoms with Gasteiger partial charge < -0.3 is 10.3 Å². The first-order valence-corrected chi connectivity index (χ1v) is 8.86. The van der Waals surface area contributed by atoms with E-state index < -0.39 is 0 Å². The first kappa shape index (κ1) is 16.1. The molecule has 0 amide bonds. The lowest BCUT2D eigenvalue weighted by atomic mass is 9.95. The van der Waals surface area contributed by atoms with Crippen LogP contribution in [0.1, 0.15) is 22.9 Å². The number of rotatable bonds is 5. The number of nitrogens with zero attached hydrogens (tertiary/aromatic N) is 3. The molecule has 2 aromatic carbocycles. The van der Waals surface area contributed by atoms with Crippen molar-refractivity contribution in [3.8, 4) is 0 Å². The van der Waals surface area contributed by atoms with Gasteiger partial charge in [-0.3, -0.25) is 4.90 Å². The van der Waals surface area contributed by atoms with Crippen LogP contribution in [0, 0.1) is 0 Å². The smallest absolute Gasteiger partial charge is 0.123 e. The van der Waals surface area contributed by atoms with Gasteiger partial charge in [0.2, 0.25) is 0 Å². The lowest BCUT2D eigenvalue weighted by molar-refractivity contribution is 0.310. The highest BCUT2D eigenvalue weighted by Crippen LogP contribution is 2.27. The number of benzene rings is 2. The van der Waals surface area contributed by atoms with Crippen molar-refractivity contribution in [2.24, 2.45) is 5.73 Å². The van der Waals surface area contributed by atoms with E-state index >= 15 is 0 Å². The summed E-state index contributed by atoms with van der Waals surface area (Å²) in [7, 11) is 0. The van der Waals surface area contributed by atoms with Crippen LogP contribution in [-0.2, 0) is 13.1 Å². The molecule has 25 heavy (non-hydrogen) atoms. The summed E-state index contributed by atoms with van der Waals surface area (Å²) < 4.78 is 2.23. The summed E-state index contributed by atoms with van der Waals surface area (Å²) in [5.41, 5.74) is 9.05. The Kier molecular flexibility index (Phi) is 4.63. The maximum absolute atomic E-state index is 6.42. The van der Waals surface area contributed by atoms with Gasteiger partial charge in [-0.2, -0.15) is 0 Å². The average Bonchev–Trinajstić information content (AvgIpc) is 3.23. The van der Waals surface area contributed by atoms with Crippen LogP contribution in [0.2, 0.25) is 0 Å².